The van der Waals surface area contributed by atoms with E-state index in [0.717, 1.165) is 0 Å². The maximum Gasteiger partial charge on any atom is 0.292 e. The van der Waals surface area contributed by atoms with Crippen LogP contribution in [0, 0.1) is 4.91 Å². The van der Waals surface area contributed by atoms with Gasteiger partial charge in [0.2, 0.25) is 0 Å². The molecule has 0 saturated carbocycles. The van der Waals surface area contributed by atoms with Gasteiger partial charge >= 0.3 is 0 Å². The van der Waals surface area contributed by atoms with E-state index in [-0.39, 0.29) is 11.8 Å². The van der Waals surface area contributed by atoms with Crippen molar-refractivity contribution in [2.75, 3.05) is 5.73 Å². The number of hydrogen-bond acceptors (Lipinski definition) is 5. The van der Waals surface area contributed by atoms with Gasteiger partial charge in [-0.1, -0.05) is 0 Å². The van der Waals surface area contributed by atoms with Crippen molar-refractivity contribution in [1.29, 1.82) is 0 Å². The summed E-state index contributed by atoms with van der Waals surface area (Å²) in [6.45, 7) is 0. The maximum absolute atomic E-state index is 9.73. The summed E-state index contributed by atoms with van der Waals surface area (Å²) in [6, 6.07) is 1.48. The second-order valence-electron chi connectivity index (χ2n) is 1.37. The molecule has 0 amide bonds. The van der Waals surface area contributed by atoms with Crippen LogP contribution in [-0.4, -0.2) is 9.97 Å². The average molecular weight is 124 g/mol. The van der Waals surface area contributed by atoms with Gasteiger partial charge in [-0.3, -0.25) is 0 Å². The van der Waals surface area contributed by atoms with Gasteiger partial charge in [0.05, 0.1) is 0 Å². The summed E-state index contributed by atoms with van der Waals surface area (Å²) in [5, 5.41) is 2.48. The van der Waals surface area contributed by atoms with Crippen LogP contribution in [0.1, 0.15) is 0 Å². The molecule has 1 aromatic rings. The number of nitrogen functional groups attached to an aromatic ring is 1. The third-order valence-electron chi connectivity index (χ3n) is 0.746. The van der Waals surface area contributed by atoms with E-state index in [0.29, 0.717) is 0 Å². The van der Waals surface area contributed by atoms with E-state index in [1.165, 1.54) is 12.3 Å². The molecule has 0 aliphatic rings. The van der Waals surface area contributed by atoms with Gasteiger partial charge in [0.1, 0.15) is 5.82 Å². The maximum atomic E-state index is 9.73. The molecule has 5 nitrogen and oxygen atoms in total. The van der Waals surface area contributed by atoms with Gasteiger partial charge < -0.3 is 5.73 Å². The van der Waals surface area contributed by atoms with Crippen molar-refractivity contribution in [2.45, 2.75) is 0 Å². The van der Waals surface area contributed by atoms with E-state index in [1.807, 2.05) is 0 Å². The van der Waals surface area contributed by atoms with Crippen molar-refractivity contribution in [2.24, 2.45) is 5.18 Å². The fourth-order valence-corrected chi connectivity index (χ4v) is 0.406. The number of rotatable bonds is 1. The molecule has 0 saturated heterocycles. The Bertz CT molecular complexity index is 224. The largest absolute Gasteiger partial charge is 0.384 e. The zero-order valence-corrected chi connectivity index (χ0v) is 4.48. The highest BCUT2D eigenvalue weighted by molar-refractivity contribution is 5.30. The first-order valence-electron chi connectivity index (χ1n) is 2.25. The summed E-state index contributed by atoms with van der Waals surface area (Å²) in [5.41, 5.74) is 5.18. The molecule has 9 heavy (non-hydrogen) atoms. The van der Waals surface area contributed by atoms with Crippen LogP contribution < -0.4 is 5.73 Å². The van der Waals surface area contributed by atoms with E-state index in [9.17, 15) is 4.91 Å². The second kappa shape index (κ2) is 2.17. The number of nitrogens with zero attached hydrogens (tertiary/aromatic N) is 3. The summed E-state index contributed by atoms with van der Waals surface area (Å²) < 4.78 is 0. The Morgan fingerprint density at radius 1 is 1.67 bits per heavy atom. The Hall–Kier alpha value is -1.52. The Morgan fingerprint density at radius 3 is 2.89 bits per heavy atom. The van der Waals surface area contributed by atoms with Crippen LogP contribution in [0.4, 0.5) is 11.8 Å². The second-order valence-corrected chi connectivity index (χ2v) is 1.37. The summed E-state index contributed by atoms with van der Waals surface area (Å²) >= 11 is 0. The minimum absolute atomic E-state index is 0.130. The minimum atomic E-state index is -0.130. The lowest BCUT2D eigenvalue weighted by Crippen LogP contribution is -1.89. The molecule has 0 spiro atoms. The van der Waals surface area contributed by atoms with Crippen molar-refractivity contribution >= 4 is 11.8 Å². The van der Waals surface area contributed by atoms with Gasteiger partial charge in [-0.05, 0) is 6.07 Å². The molecule has 5 heteroatoms. The first-order chi connectivity index (χ1) is 4.33. The average Bonchev–Trinajstić information content (AvgIpc) is 1.88. The monoisotopic (exact) mass is 124 g/mol. The molecule has 1 heterocycles. The van der Waals surface area contributed by atoms with Crippen LogP contribution in [0.3, 0.4) is 0 Å². The summed E-state index contributed by atoms with van der Waals surface area (Å²) in [7, 11) is 0. The predicted molar refractivity (Wildman–Crippen MR) is 31.9 cm³/mol. The third kappa shape index (κ3) is 1.18. The highest BCUT2D eigenvalue weighted by Crippen LogP contribution is 2.02. The molecule has 0 unspecified atom stereocenters. The van der Waals surface area contributed by atoms with E-state index in [4.69, 9.17) is 5.73 Å². The molecule has 0 atom stereocenters. The van der Waals surface area contributed by atoms with E-state index < -0.39 is 0 Å². The van der Waals surface area contributed by atoms with Crippen LogP contribution in [-0.2, 0) is 0 Å². The van der Waals surface area contributed by atoms with Crippen LogP contribution in [0.5, 0.6) is 0 Å². The zero-order chi connectivity index (χ0) is 6.69. The molecule has 1 aromatic heterocycles. The summed E-state index contributed by atoms with van der Waals surface area (Å²) in [5.74, 6) is 0.120. The molecule has 0 aliphatic heterocycles. The van der Waals surface area contributed by atoms with Crippen LogP contribution >= 0.6 is 0 Å². The Morgan fingerprint density at radius 2 is 2.44 bits per heavy atom. The summed E-state index contributed by atoms with van der Waals surface area (Å²) in [6.07, 6.45) is 1.37. The lowest BCUT2D eigenvalue weighted by molar-refractivity contribution is 1.14. The highest BCUT2D eigenvalue weighted by Gasteiger charge is 1.91. The SMILES string of the molecule is Nc1ccnc(N=O)n1. The van der Waals surface area contributed by atoms with Crippen LogP contribution in [0.15, 0.2) is 17.4 Å². The first kappa shape index (κ1) is 5.61. The molecule has 0 bridgehead atoms. The fraction of sp³-hybridized carbons (Fsp3) is 0. The lowest BCUT2D eigenvalue weighted by atomic mass is 10.6. The number of hydrogen-bond donors (Lipinski definition) is 1. The van der Waals surface area contributed by atoms with Crippen molar-refractivity contribution in [3.05, 3.63) is 17.2 Å². The zero-order valence-electron chi connectivity index (χ0n) is 4.48. The van der Waals surface area contributed by atoms with Gasteiger partial charge in [-0.15, -0.1) is 4.91 Å². The lowest BCUT2D eigenvalue weighted by Gasteiger charge is -1.87. The number of nitroso groups, excluding NO2 is 1. The van der Waals surface area contributed by atoms with Crippen molar-refractivity contribution < 1.29 is 0 Å². The first-order valence-corrected chi connectivity index (χ1v) is 2.25. The van der Waals surface area contributed by atoms with Crippen molar-refractivity contribution in [1.82, 2.24) is 9.97 Å². The third-order valence-corrected chi connectivity index (χ3v) is 0.746. The topological polar surface area (TPSA) is 81.2 Å². The van der Waals surface area contributed by atoms with Gasteiger partial charge in [0.25, 0.3) is 5.95 Å². The van der Waals surface area contributed by atoms with E-state index >= 15 is 0 Å². The summed E-state index contributed by atoms with van der Waals surface area (Å²) in [4.78, 5) is 16.7. The number of nitrogens with two attached hydrogens (primary N) is 1. The Kier molecular flexibility index (Phi) is 1.35. The molecular weight excluding hydrogens is 120 g/mol. The van der Waals surface area contributed by atoms with Crippen LogP contribution in [0.25, 0.3) is 0 Å². The van der Waals surface area contributed by atoms with Crippen molar-refractivity contribution in [3.8, 4) is 0 Å². The fourth-order valence-electron chi connectivity index (χ4n) is 0.406. The van der Waals surface area contributed by atoms with E-state index in [1.54, 1.807) is 0 Å². The Labute approximate surface area is 50.9 Å². The van der Waals surface area contributed by atoms with Gasteiger partial charge in [0.15, 0.2) is 0 Å². The molecule has 0 aliphatic carbocycles. The van der Waals surface area contributed by atoms with Crippen LogP contribution in [0.2, 0.25) is 0 Å². The molecular formula is C4H4N4O. The molecule has 0 radical (unpaired) electrons. The molecule has 2 N–H and O–H groups in total. The van der Waals surface area contributed by atoms with Gasteiger partial charge in [-0.2, -0.15) is 4.98 Å². The molecule has 1 rings (SSSR count). The standard InChI is InChI=1S/C4H4N4O/c5-3-1-2-6-4(7-3)8-9/h1-2H,(H2,5,6,7). The highest BCUT2D eigenvalue weighted by atomic mass is 16.3. The minimum Gasteiger partial charge on any atom is -0.384 e. The van der Waals surface area contributed by atoms with Gasteiger partial charge in [0, 0.05) is 11.4 Å². The number of aromatic nitrogens is 2. The number of anilines is 1. The van der Waals surface area contributed by atoms with Gasteiger partial charge in [-0.25, -0.2) is 4.98 Å². The predicted octanol–water partition coefficient (Wildman–Crippen LogP) is 0.457. The quantitative estimate of drug-likeness (QED) is 0.551. The molecule has 0 aromatic carbocycles. The molecule has 0 fully saturated rings. The van der Waals surface area contributed by atoms with E-state index in [2.05, 4.69) is 15.1 Å². The van der Waals surface area contributed by atoms with Crippen molar-refractivity contribution in [3.63, 3.8) is 0 Å². The molecule has 46 valence electrons. The normalized spacial score (nSPS) is 8.89. The smallest absolute Gasteiger partial charge is 0.292 e. The Balaban J connectivity index is 3.07.